The second-order valence-corrected chi connectivity index (χ2v) is 7.00. The number of hydrogen-bond acceptors (Lipinski definition) is 7. The Morgan fingerprint density at radius 3 is 2.81 bits per heavy atom. The minimum Gasteiger partial charge on any atom is -0.394 e. The van der Waals surface area contributed by atoms with Crippen molar-refractivity contribution in [2.75, 3.05) is 34.1 Å². The highest BCUT2D eigenvalue weighted by molar-refractivity contribution is 6.30. The molecule has 0 fully saturated rings. The van der Waals surface area contributed by atoms with Crippen molar-refractivity contribution in [3.63, 3.8) is 0 Å². The summed E-state index contributed by atoms with van der Waals surface area (Å²) < 4.78 is 0. The maximum atomic E-state index is 9.48. The molecule has 4 N–H and O–H groups in total. The number of rotatable bonds is 7. The van der Waals surface area contributed by atoms with E-state index in [0.717, 1.165) is 23.6 Å². The molecule has 0 amide bonds. The molecule has 0 aliphatic carbocycles. The number of halogens is 1. The second-order valence-electron chi connectivity index (χ2n) is 6.56. The Morgan fingerprint density at radius 2 is 2.15 bits per heavy atom. The van der Waals surface area contributed by atoms with E-state index in [2.05, 4.69) is 44.7 Å². The Bertz CT molecular complexity index is 765. The van der Waals surface area contributed by atoms with Gasteiger partial charge >= 0.3 is 0 Å². The topological polar surface area (TPSA) is 85.3 Å². The largest absolute Gasteiger partial charge is 0.394 e. The summed E-state index contributed by atoms with van der Waals surface area (Å²) in [5.41, 5.74) is 1.71. The number of aliphatic hydroxyl groups is 1. The van der Waals surface area contributed by atoms with E-state index < -0.39 is 0 Å². The molecular weight excluding hydrogens is 352 g/mol. The van der Waals surface area contributed by atoms with E-state index in [9.17, 15) is 5.11 Å². The van der Waals surface area contributed by atoms with Gasteiger partial charge in [0.15, 0.2) is 11.6 Å². The van der Waals surface area contributed by atoms with Gasteiger partial charge in [0, 0.05) is 16.8 Å². The first kappa shape index (κ1) is 18.5. The molecule has 0 bridgehead atoms. The first-order valence-corrected chi connectivity index (χ1v) is 9.22. The summed E-state index contributed by atoms with van der Waals surface area (Å²) in [5.74, 6) is 2.01. The normalized spacial score (nSPS) is 14.2. The zero-order valence-corrected chi connectivity index (χ0v) is 16.0. The van der Waals surface area contributed by atoms with Crippen LogP contribution < -0.4 is 20.9 Å². The fourth-order valence-electron chi connectivity index (χ4n) is 2.80. The van der Waals surface area contributed by atoms with E-state index in [1.807, 2.05) is 31.2 Å². The smallest absolute Gasteiger partial charge is 0.227 e. The predicted molar refractivity (Wildman–Crippen MR) is 108 cm³/mol. The van der Waals surface area contributed by atoms with Crippen LogP contribution in [0.4, 0.5) is 29.0 Å². The summed E-state index contributed by atoms with van der Waals surface area (Å²) in [6, 6.07) is 7.71. The molecule has 0 unspecified atom stereocenters. The van der Waals surface area contributed by atoms with Crippen LogP contribution in [0, 0.1) is 0 Å². The van der Waals surface area contributed by atoms with Crippen molar-refractivity contribution < 1.29 is 5.11 Å². The van der Waals surface area contributed by atoms with Gasteiger partial charge in [-0.2, -0.15) is 9.97 Å². The number of fused-ring (bicyclic) bond motifs is 1. The molecule has 140 valence electrons. The number of aromatic nitrogens is 2. The first-order valence-electron chi connectivity index (χ1n) is 8.84. The Labute approximate surface area is 158 Å². The lowest BCUT2D eigenvalue weighted by Crippen LogP contribution is -2.31. The van der Waals surface area contributed by atoms with Crippen molar-refractivity contribution in [3.8, 4) is 0 Å². The minimum atomic E-state index is -0.0890. The molecular formula is C18H25ClN6O. The SMILES string of the molecule is CC[C@H](CO)Nc1nc(Nc2cccc(Cl)c2)c2c(n1)N(C(C)C)CN2. The summed E-state index contributed by atoms with van der Waals surface area (Å²) in [6.07, 6.45) is 0.778. The zero-order valence-electron chi connectivity index (χ0n) is 15.3. The van der Waals surface area contributed by atoms with Crippen LogP contribution in [0.2, 0.25) is 5.02 Å². The van der Waals surface area contributed by atoms with Gasteiger partial charge in [0.1, 0.15) is 5.69 Å². The van der Waals surface area contributed by atoms with Crippen molar-refractivity contribution in [1.82, 2.24) is 9.97 Å². The fraction of sp³-hybridized carbons (Fsp3) is 0.444. The number of anilines is 5. The third kappa shape index (κ3) is 3.94. The molecule has 1 aliphatic heterocycles. The molecule has 2 heterocycles. The Kier molecular flexibility index (Phi) is 5.68. The number of nitrogens with zero attached hydrogens (tertiary/aromatic N) is 3. The molecule has 8 heteroatoms. The zero-order chi connectivity index (χ0) is 18.7. The van der Waals surface area contributed by atoms with Gasteiger partial charge in [0.25, 0.3) is 0 Å². The van der Waals surface area contributed by atoms with Crippen molar-refractivity contribution in [1.29, 1.82) is 0 Å². The predicted octanol–water partition coefficient (Wildman–Crippen LogP) is 3.65. The Hall–Kier alpha value is -2.25. The van der Waals surface area contributed by atoms with Gasteiger partial charge in [-0.1, -0.05) is 24.6 Å². The van der Waals surface area contributed by atoms with Crippen molar-refractivity contribution in [2.45, 2.75) is 39.3 Å². The second kappa shape index (κ2) is 7.97. The number of benzene rings is 1. The van der Waals surface area contributed by atoms with Gasteiger partial charge in [0.2, 0.25) is 5.95 Å². The monoisotopic (exact) mass is 376 g/mol. The third-order valence-electron chi connectivity index (χ3n) is 4.35. The molecule has 26 heavy (non-hydrogen) atoms. The standard InChI is InChI=1S/C18H25ClN6O/c1-4-13(9-26)22-18-23-16(21-14-7-5-6-12(19)8-14)15-17(24-18)25(10-20-15)11(2)3/h5-8,11,13,20,26H,4,9-10H2,1-3H3,(H2,21,22,23,24)/t13-/m1/s1. The Balaban J connectivity index is 1.99. The van der Waals surface area contributed by atoms with E-state index >= 15 is 0 Å². The van der Waals surface area contributed by atoms with Crippen LogP contribution in [0.1, 0.15) is 27.2 Å². The van der Waals surface area contributed by atoms with Gasteiger partial charge in [-0.05, 0) is 38.5 Å². The molecule has 7 nitrogen and oxygen atoms in total. The molecule has 0 saturated heterocycles. The van der Waals surface area contributed by atoms with Crippen LogP contribution in [0.5, 0.6) is 0 Å². The highest BCUT2D eigenvalue weighted by atomic mass is 35.5. The van der Waals surface area contributed by atoms with Crippen LogP contribution in [0.15, 0.2) is 24.3 Å². The van der Waals surface area contributed by atoms with Crippen LogP contribution in [0.25, 0.3) is 0 Å². The molecule has 3 rings (SSSR count). The van der Waals surface area contributed by atoms with Crippen molar-refractivity contribution in [3.05, 3.63) is 29.3 Å². The van der Waals surface area contributed by atoms with E-state index in [1.54, 1.807) is 0 Å². The maximum Gasteiger partial charge on any atom is 0.227 e. The third-order valence-corrected chi connectivity index (χ3v) is 4.58. The number of nitrogens with one attached hydrogen (secondary N) is 3. The Morgan fingerprint density at radius 1 is 1.35 bits per heavy atom. The van der Waals surface area contributed by atoms with Crippen LogP contribution in [0.3, 0.4) is 0 Å². The van der Waals surface area contributed by atoms with Gasteiger partial charge in [-0.25, -0.2) is 0 Å². The van der Waals surface area contributed by atoms with E-state index in [0.29, 0.717) is 29.5 Å². The van der Waals surface area contributed by atoms with Gasteiger partial charge < -0.3 is 26.0 Å². The summed E-state index contributed by atoms with van der Waals surface area (Å²) in [6.45, 7) is 6.96. The highest BCUT2D eigenvalue weighted by Gasteiger charge is 2.27. The molecule has 1 aliphatic rings. The molecule has 1 atom stereocenters. The summed E-state index contributed by atoms with van der Waals surface area (Å²) >= 11 is 6.09. The molecule has 2 aromatic rings. The average molecular weight is 377 g/mol. The highest BCUT2D eigenvalue weighted by Crippen LogP contribution is 2.38. The van der Waals surface area contributed by atoms with Crippen LogP contribution in [-0.2, 0) is 0 Å². The summed E-state index contributed by atoms with van der Waals surface area (Å²) in [4.78, 5) is 11.5. The number of aliphatic hydroxyl groups excluding tert-OH is 1. The summed E-state index contributed by atoms with van der Waals surface area (Å²) in [5, 5.41) is 20.1. The fourth-order valence-corrected chi connectivity index (χ4v) is 2.99. The van der Waals surface area contributed by atoms with Gasteiger partial charge in [-0.3, -0.25) is 0 Å². The van der Waals surface area contributed by atoms with Crippen LogP contribution >= 0.6 is 11.6 Å². The van der Waals surface area contributed by atoms with Crippen molar-refractivity contribution >= 4 is 40.6 Å². The minimum absolute atomic E-state index is 0.0279. The number of hydrogen-bond donors (Lipinski definition) is 4. The molecule has 0 saturated carbocycles. The quantitative estimate of drug-likeness (QED) is 0.586. The van der Waals surface area contributed by atoms with Crippen molar-refractivity contribution in [2.24, 2.45) is 0 Å². The van der Waals surface area contributed by atoms with Gasteiger partial charge in [-0.15, -0.1) is 0 Å². The first-order chi connectivity index (χ1) is 12.5. The van der Waals surface area contributed by atoms with E-state index in [4.69, 9.17) is 11.6 Å². The van der Waals surface area contributed by atoms with Gasteiger partial charge in [0.05, 0.1) is 19.3 Å². The lowest BCUT2D eigenvalue weighted by atomic mass is 10.2. The molecule has 1 aromatic heterocycles. The average Bonchev–Trinajstić information content (AvgIpc) is 3.04. The lowest BCUT2D eigenvalue weighted by Gasteiger charge is -2.22. The molecule has 0 radical (unpaired) electrons. The lowest BCUT2D eigenvalue weighted by molar-refractivity contribution is 0.271. The van der Waals surface area contributed by atoms with E-state index in [-0.39, 0.29) is 12.6 Å². The maximum absolute atomic E-state index is 9.48. The molecule has 1 aromatic carbocycles. The molecule has 0 spiro atoms. The summed E-state index contributed by atoms with van der Waals surface area (Å²) in [7, 11) is 0. The van der Waals surface area contributed by atoms with E-state index in [1.165, 1.54) is 0 Å². The van der Waals surface area contributed by atoms with Crippen LogP contribution in [-0.4, -0.2) is 40.4 Å².